The van der Waals surface area contributed by atoms with E-state index in [1.54, 1.807) is 48.5 Å². The Balaban J connectivity index is 1.80. The summed E-state index contributed by atoms with van der Waals surface area (Å²) in [7, 11) is 1.51. The van der Waals surface area contributed by atoms with E-state index in [4.69, 9.17) is 21.6 Å². The van der Waals surface area contributed by atoms with Crippen LogP contribution in [0.4, 0.5) is 17.1 Å². The number of nitrogens with zero attached hydrogens (tertiary/aromatic N) is 2. The number of amides is 1. The van der Waals surface area contributed by atoms with E-state index in [1.165, 1.54) is 13.3 Å². The first-order valence-electron chi connectivity index (χ1n) is 7.97. The Morgan fingerprint density at radius 1 is 1.15 bits per heavy atom. The summed E-state index contributed by atoms with van der Waals surface area (Å²) in [5.41, 5.74) is 2.63. The van der Waals surface area contributed by atoms with Crippen LogP contribution in [-0.2, 0) is 0 Å². The molecule has 3 rings (SSSR count). The third-order valence-corrected chi connectivity index (χ3v) is 3.92. The molecule has 0 spiro atoms. The number of carbonyl (C=O) groups excluding carboxylic acids is 1. The van der Waals surface area contributed by atoms with E-state index in [9.17, 15) is 4.79 Å². The van der Waals surface area contributed by atoms with Gasteiger partial charge in [-0.15, -0.1) is 0 Å². The highest BCUT2D eigenvalue weighted by molar-refractivity contribution is 6.31. The quantitative estimate of drug-likeness (QED) is 0.676. The van der Waals surface area contributed by atoms with Gasteiger partial charge in [0.05, 0.1) is 24.4 Å². The number of anilines is 3. The van der Waals surface area contributed by atoms with Gasteiger partial charge in [-0.3, -0.25) is 9.78 Å². The lowest BCUT2D eigenvalue weighted by Crippen LogP contribution is -2.14. The number of carbonyl (C=O) groups is 1. The summed E-state index contributed by atoms with van der Waals surface area (Å²) in [5.74, 6) is 0.0975. The second-order valence-corrected chi connectivity index (χ2v) is 5.98. The van der Waals surface area contributed by atoms with Gasteiger partial charge in [0, 0.05) is 22.6 Å². The summed E-state index contributed by atoms with van der Waals surface area (Å²) >= 11 is 5.99. The predicted octanol–water partition coefficient (Wildman–Crippen LogP) is 4.61. The Morgan fingerprint density at radius 3 is 2.74 bits per heavy atom. The second-order valence-electron chi connectivity index (χ2n) is 5.55. The number of aromatic nitrogens is 1. The van der Waals surface area contributed by atoms with Crippen molar-refractivity contribution >= 4 is 34.6 Å². The Bertz CT molecular complexity index is 1030. The summed E-state index contributed by atoms with van der Waals surface area (Å²) in [6.07, 6.45) is 1.53. The van der Waals surface area contributed by atoms with Crippen molar-refractivity contribution in [3.8, 4) is 11.8 Å². The fourth-order valence-corrected chi connectivity index (χ4v) is 2.60. The highest BCUT2D eigenvalue weighted by atomic mass is 35.5. The summed E-state index contributed by atoms with van der Waals surface area (Å²) in [5, 5.41) is 15.4. The smallest absolute Gasteiger partial charge is 0.274 e. The number of rotatable bonds is 5. The van der Waals surface area contributed by atoms with Gasteiger partial charge in [0.1, 0.15) is 11.4 Å². The fraction of sp³-hybridized carbons (Fsp3) is 0.0500. The van der Waals surface area contributed by atoms with Crippen molar-refractivity contribution < 1.29 is 9.53 Å². The van der Waals surface area contributed by atoms with Crippen LogP contribution in [0.2, 0.25) is 5.02 Å². The number of pyridine rings is 1. The molecule has 0 fully saturated rings. The molecule has 3 aromatic rings. The molecule has 1 heterocycles. The number of methoxy groups -OCH3 is 1. The largest absolute Gasteiger partial charge is 0.495 e. The topological polar surface area (TPSA) is 87.0 Å². The van der Waals surface area contributed by atoms with Crippen molar-refractivity contribution in [1.82, 2.24) is 4.98 Å². The molecular formula is C20H15ClN4O2. The fourth-order valence-electron chi connectivity index (χ4n) is 2.43. The highest BCUT2D eigenvalue weighted by Crippen LogP contribution is 2.28. The molecule has 0 aliphatic rings. The lowest BCUT2D eigenvalue weighted by molar-refractivity contribution is 0.102. The number of hydrogen-bond donors (Lipinski definition) is 2. The van der Waals surface area contributed by atoms with Crippen LogP contribution in [0.25, 0.3) is 0 Å². The molecule has 6 nitrogen and oxygen atoms in total. The molecule has 27 heavy (non-hydrogen) atoms. The first kappa shape index (κ1) is 18.2. The maximum Gasteiger partial charge on any atom is 0.274 e. The molecule has 0 aliphatic heterocycles. The number of ether oxygens (including phenoxy) is 1. The molecule has 0 saturated heterocycles. The van der Waals surface area contributed by atoms with Gasteiger partial charge in [-0.1, -0.05) is 17.7 Å². The maximum atomic E-state index is 12.6. The molecule has 0 bridgehead atoms. The number of nitriles is 1. The number of halogens is 1. The first-order valence-corrected chi connectivity index (χ1v) is 8.35. The monoisotopic (exact) mass is 378 g/mol. The van der Waals surface area contributed by atoms with Crippen molar-refractivity contribution in [1.29, 1.82) is 5.26 Å². The van der Waals surface area contributed by atoms with Crippen LogP contribution in [0.3, 0.4) is 0 Å². The lowest BCUT2D eigenvalue weighted by atomic mass is 10.2. The zero-order valence-corrected chi connectivity index (χ0v) is 15.1. The van der Waals surface area contributed by atoms with E-state index >= 15 is 0 Å². The summed E-state index contributed by atoms with van der Waals surface area (Å²) < 4.78 is 5.23. The number of hydrogen-bond acceptors (Lipinski definition) is 5. The van der Waals surface area contributed by atoms with E-state index in [2.05, 4.69) is 21.7 Å². The van der Waals surface area contributed by atoms with Gasteiger partial charge < -0.3 is 15.4 Å². The summed E-state index contributed by atoms with van der Waals surface area (Å²) in [4.78, 5) is 16.7. The van der Waals surface area contributed by atoms with Crippen molar-refractivity contribution in [2.45, 2.75) is 0 Å². The zero-order valence-electron chi connectivity index (χ0n) is 14.4. The Hall–Kier alpha value is -3.56. The standard InChI is InChI=1S/C20H15ClN4O2/c1-27-19-6-5-14(21)10-17(19)25-20(26)18-11-16(7-8-23-18)24-15-4-2-3-13(9-15)12-22/h2-11H,1H3,(H,23,24)(H,25,26). The molecule has 2 N–H and O–H groups in total. The molecule has 1 aromatic heterocycles. The van der Waals surface area contributed by atoms with E-state index in [1.807, 2.05) is 6.07 Å². The lowest BCUT2D eigenvalue weighted by Gasteiger charge is -2.11. The van der Waals surface area contributed by atoms with Crippen LogP contribution < -0.4 is 15.4 Å². The van der Waals surface area contributed by atoms with Crippen molar-refractivity contribution in [2.24, 2.45) is 0 Å². The van der Waals surface area contributed by atoms with Crippen LogP contribution in [0.5, 0.6) is 5.75 Å². The van der Waals surface area contributed by atoms with Crippen molar-refractivity contribution in [3.63, 3.8) is 0 Å². The van der Waals surface area contributed by atoms with E-state index in [0.29, 0.717) is 27.7 Å². The third kappa shape index (κ3) is 4.54. The minimum atomic E-state index is -0.398. The van der Waals surface area contributed by atoms with Crippen LogP contribution in [0, 0.1) is 11.3 Å². The first-order chi connectivity index (χ1) is 13.1. The predicted molar refractivity (Wildman–Crippen MR) is 105 cm³/mol. The van der Waals surface area contributed by atoms with Gasteiger partial charge in [-0.2, -0.15) is 5.26 Å². The van der Waals surface area contributed by atoms with E-state index in [0.717, 1.165) is 5.69 Å². The normalized spacial score (nSPS) is 9.96. The van der Waals surface area contributed by atoms with Crippen LogP contribution in [0.15, 0.2) is 60.8 Å². The SMILES string of the molecule is COc1ccc(Cl)cc1NC(=O)c1cc(Nc2cccc(C#N)c2)ccn1. The molecule has 134 valence electrons. The van der Waals surface area contributed by atoms with Crippen molar-refractivity contribution in [2.75, 3.05) is 17.7 Å². The second kappa shape index (κ2) is 8.21. The van der Waals surface area contributed by atoms with Gasteiger partial charge in [-0.25, -0.2) is 0 Å². The van der Waals surface area contributed by atoms with Gasteiger partial charge in [0.25, 0.3) is 5.91 Å². The Kier molecular flexibility index (Phi) is 5.55. The molecule has 7 heteroatoms. The van der Waals surface area contributed by atoms with Crippen LogP contribution >= 0.6 is 11.6 Å². The van der Waals surface area contributed by atoms with Crippen LogP contribution in [0.1, 0.15) is 16.1 Å². The average Bonchev–Trinajstić information content (AvgIpc) is 2.68. The Morgan fingerprint density at radius 2 is 1.96 bits per heavy atom. The van der Waals surface area contributed by atoms with E-state index in [-0.39, 0.29) is 5.69 Å². The molecule has 0 aliphatic carbocycles. The molecule has 0 unspecified atom stereocenters. The third-order valence-electron chi connectivity index (χ3n) is 3.68. The zero-order chi connectivity index (χ0) is 19.2. The highest BCUT2D eigenvalue weighted by Gasteiger charge is 2.12. The maximum absolute atomic E-state index is 12.6. The summed E-state index contributed by atoms with van der Waals surface area (Å²) in [6, 6.07) is 17.4. The molecule has 0 atom stereocenters. The van der Waals surface area contributed by atoms with Crippen molar-refractivity contribution in [3.05, 3.63) is 77.1 Å². The number of benzene rings is 2. The minimum Gasteiger partial charge on any atom is -0.495 e. The summed E-state index contributed by atoms with van der Waals surface area (Å²) in [6.45, 7) is 0. The average molecular weight is 379 g/mol. The van der Waals surface area contributed by atoms with Gasteiger partial charge >= 0.3 is 0 Å². The number of nitrogens with one attached hydrogen (secondary N) is 2. The van der Waals surface area contributed by atoms with Gasteiger partial charge in [0.15, 0.2) is 0 Å². The van der Waals surface area contributed by atoms with Gasteiger partial charge in [-0.05, 0) is 48.5 Å². The Labute approximate surface area is 161 Å². The minimum absolute atomic E-state index is 0.221. The molecule has 1 amide bonds. The molecule has 0 saturated carbocycles. The van der Waals surface area contributed by atoms with E-state index < -0.39 is 5.91 Å². The molecular weight excluding hydrogens is 364 g/mol. The molecule has 2 aromatic carbocycles. The van der Waals surface area contributed by atoms with Crippen LogP contribution in [-0.4, -0.2) is 18.0 Å². The molecule has 0 radical (unpaired) electrons. The van der Waals surface area contributed by atoms with Gasteiger partial charge in [0.2, 0.25) is 0 Å².